The van der Waals surface area contributed by atoms with Crippen molar-refractivity contribution in [2.45, 2.75) is 0 Å². The first-order chi connectivity index (χ1) is 19.1. The van der Waals surface area contributed by atoms with Crippen molar-refractivity contribution >= 4 is 100 Å². The third-order valence-corrected chi connectivity index (χ3v) is 10.9. The van der Waals surface area contributed by atoms with E-state index in [4.69, 9.17) is 0 Å². The van der Waals surface area contributed by atoms with Crippen LogP contribution >= 0.6 is 67.8 Å². The molecule has 0 aliphatic heterocycles. The van der Waals surface area contributed by atoms with Crippen molar-refractivity contribution in [1.29, 1.82) is 0 Å². The normalized spacial score (nSPS) is 11.5. The van der Waals surface area contributed by atoms with Crippen LogP contribution in [0.2, 0.25) is 0 Å². The van der Waals surface area contributed by atoms with Crippen LogP contribution in [0.4, 0.5) is 0 Å². The van der Waals surface area contributed by atoms with Gasteiger partial charge in [0.2, 0.25) is 0 Å². The molecule has 0 aliphatic rings. The van der Waals surface area contributed by atoms with Gasteiger partial charge in [-0.05, 0) is 152 Å². The van der Waals surface area contributed by atoms with E-state index in [-0.39, 0.29) is 0 Å². The molecule has 0 spiro atoms. The maximum atomic E-state index is 2.53. The molecule has 0 atom stereocenters. The zero-order valence-electron chi connectivity index (χ0n) is 20.8. The monoisotopic (exact) mass is 834 g/mol. The van der Waals surface area contributed by atoms with E-state index < -0.39 is 0 Å². The van der Waals surface area contributed by atoms with Gasteiger partial charge in [-0.3, -0.25) is 0 Å². The van der Waals surface area contributed by atoms with Crippen molar-refractivity contribution in [2.24, 2.45) is 0 Å². The minimum absolute atomic E-state index is 1.24. The van der Waals surface area contributed by atoms with Crippen LogP contribution in [-0.2, 0) is 0 Å². The van der Waals surface area contributed by atoms with E-state index in [9.17, 15) is 0 Å². The first-order valence-electron chi connectivity index (χ1n) is 12.8. The molecule has 0 radical (unpaired) electrons. The van der Waals surface area contributed by atoms with Crippen LogP contribution < -0.4 is 0 Å². The Hall–Kier alpha value is -2.49. The number of hydrogen-bond acceptors (Lipinski definition) is 0. The second kappa shape index (κ2) is 10.5. The molecule has 0 heterocycles. The number of halogens is 3. The Kier molecular flexibility index (Phi) is 6.85. The first-order valence-corrected chi connectivity index (χ1v) is 16.0. The maximum Gasteiger partial charge on any atom is 0.0287 e. The Morgan fingerprint density at radius 2 is 0.590 bits per heavy atom. The highest BCUT2D eigenvalue weighted by Crippen LogP contribution is 2.41. The largest absolute Gasteiger partial charge is 0.0616 e. The van der Waals surface area contributed by atoms with Gasteiger partial charge in [-0.25, -0.2) is 0 Å². The fourth-order valence-electron chi connectivity index (χ4n) is 5.46. The SMILES string of the molecule is Ic1c(-c2cc(-c3ccc4ccccc4c3I)cc(-c3ccc4ccccc4c3I)c2)ccc2ccccc12. The zero-order valence-corrected chi connectivity index (χ0v) is 27.2. The molecule has 0 N–H and O–H groups in total. The molecule has 7 rings (SSSR count). The predicted molar refractivity (Wildman–Crippen MR) is 193 cm³/mol. The fraction of sp³-hybridized carbons (Fsp3) is 0. The van der Waals surface area contributed by atoms with E-state index in [1.165, 1.54) is 76.4 Å². The number of fused-ring (bicyclic) bond motifs is 3. The number of hydrogen-bond donors (Lipinski definition) is 0. The summed E-state index contributed by atoms with van der Waals surface area (Å²) in [6.45, 7) is 0. The summed E-state index contributed by atoms with van der Waals surface area (Å²) in [5, 5.41) is 7.70. The molecule has 0 amide bonds. The smallest absolute Gasteiger partial charge is 0.0287 e. The summed E-state index contributed by atoms with van der Waals surface area (Å²) in [5.41, 5.74) is 7.53. The molecule has 3 heteroatoms. The molecule has 0 nitrogen and oxygen atoms in total. The highest BCUT2D eigenvalue weighted by molar-refractivity contribution is 14.1. The summed E-state index contributed by atoms with van der Waals surface area (Å²) in [6.07, 6.45) is 0. The van der Waals surface area contributed by atoms with E-state index in [2.05, 4.69) is 195 Å². The highest BCUT2D eigenvalue weighted by atomic mass is 127. The van der Waals surface area contributed by atoms with E-state index >= 15 is 0 Å². The Bertz CT molecular complexity index is 1810. The lowest BCUT2D eigenvalue weighted by Crippen LogP contribution is -1.92. The van der Waals surface area contributed by atoms with Crippen LogP contribution in [-0.4, -0.2) is 0 Å². The lowest BCUT2D eigenvalue weighted by Gasteiger charge is -2.16. The lowest BCUT2D eigenvalue weighted by atomic mass is 9.91. The Labute approximate surface area is 268 Å². The van der Waals surface area contributed by atoms with Crippen molar-refractivity contribution in [2.75, 3.05) is 0 Å². The quantitative estimate of drug-likeness (QED) is 0.156. The first kappa shape index (κ1) is 25.5. The summed E-state index contributed by atoms with van der Waals surface area (Å²) < 4.78 is 3.86. The van der Waals surface area contributed by atoms with Gasteiger partial charge in [0, 0.05) is 10.7 Å². The summed E-state index contributed by atoms with van der Waals surface area (Å²) in [6, 6.07) is 46.7. The zero-order chi connectivity index (χ0) is 26.5. The van der Waals surface area contributed by atoms with Crippen LogP contribution in [0.5, 0.6) is 0 Å². The third kappa shape index (κ3) is 4.56. The molecule has 0 bridgehead atoms. The molecule has 0 aliphatic carbocycles. The molecule has 0 saturated carbocycles. The van der Waals surface area contributed by atoms with Crippen molar-refractivity contribution in [3.05, 3.63) is 138 Å². The minimum atomic E-state index is 1.24. The lowest BCUT2D eigenvalue weighted by molar-refractivity contribution is 1.56. The van der Waals surface area contributed by atoms with Crippen LogP contribution in [0.25, 0.3) is 65.7 Å². The van der Waals surface area contributed by atoms with Crippen molar-refractivity contribution in [3.63, 3.8) is 0 Å². The van der Waals surface area contributed by atoms with Gasteiger partial charge in [-0.15, -0.1) is 0 Å². The Balaban J connectivity index is 1.51. The van der Waals surface area contributed by atoms with Gasteiger partial charge >= 0.3 is 0 Å². The Morgan fingerprint density at radius 3 is 0.897 bits per heavy atom. The van der Waals surface area contributed by atoms with Crippen molar-refractivity contribution in [3.8, 4) is 33.4 Å². The van der Waals surface area contributed by atoms with Crippen molar-refractivity contribution in [1.82, 2.24) is 0 Å². The van der Waals surface area contributed by atoms with E-state index in [1.807, 2.05) is 0 Å². The summed E-state index contributed by atoms with van der Waals surface area (Å²) in [7, 11) is 0. The molecule has 0 unspecified atom stereocenters. The van der Waals surface area contributed by atoms with Gasteiger partial charge in [0.05, 0.1) is 0 Å². The summed E-state index contributed by atoms with van der Waals surface area (Å²) >= 11 is 7.59. The van der Waals surface area contributed by atoms with Crippen LogP contribution in [0.3, 0.4) is 0 Å². The van der Waals surface area contributed by atoms with Gasteiger partial charge in [0.25, 0.3) is 0 Å². The summed E-state index contributed by atoms with van der Waals surface area (Å²) in [5.74, 6) is 0. The van der Waals surface area contributed by atoms with E-state index in [0.717, 1.165) is 0 Å². The van der Waals surface area contributed by atoms with Gasteiger partial charge in [-0.1, -0.05) is 109 Å². The third-order valence-electron chi connectivity index (χ3n) is 7.46. The number of rotatable bonds is 3. The molecule has 186 valence electrons. The van der Waals surface area contributed by atoms with E-state index in [0.29, 0.717) is 0 Å². The highest BCUT2D eigenvalue weighted by Gasteiger charge is 2.16. The molecule has 7 aromatic rings. The molecule has 39 heavy (non-hydrogen) atoms. The van der Waals surface area contributed by atoms with Crippen LogP contribution in [0, 0.1) is 10.7 Å². The molecule has 0 fully saturated rings. The van der Waals surface area contributed by atoms with Gasteiger partial charge in [0.1, 0.15) is 0 Å². The molecule has 7 aromatic carbocycles. The average molecular weight is 834 g/mol. The minimum Gasteiger partial charge on any atom is -0.0616 e. The topological polar surface area (TPSA) is 0 Å². The van der Waals surface area contributed by atoms with Gasteiger partial charge < -0.3 is 0 Å². The molecule has 0 aromatic heterocycles. The molecule has 0 saturated heterocycles. The maximum absolute atomic E-state index is 2.53. The van der Waals surface area contributed by atoms with Gasteiger partial charge in [0.15, 0.2) is 0 Å². The predicted octanol–water partition coefficient (Wildman–Crippen LogP) is 12.0. The molecular weight excluding hydrogens is 813 g/mol. The molecular formula is C36H21I3. The fourth-order valence-corrected chi connectivity index (χ4v) is 8.41. The number of benzene rings is 7. The van der Waals surface area contributed by atoms with Crippen LogP contribution in [0.15, 0.2) is 127 Å². The van der Waals surface area contributed by atoms with Gasteiger partial charge in [-0.2, -0.15) is 0 Å². The summed E-state index contributed by atoms with van der Waals surface area (Å²) in [4.78, 5) is 0. The second-order valence-electron chi connectivity index (χ2n) is 9.74. The standard InChI is InChI=1S/C36H21I3/c37-34-28-10-4-1-7-22(28)13-16-31(34)25-19-26(32-17-14-23-8-2-5-11-29(23)35(32)38)21-27(20-25)33-18-15-24-9-3-6-12-30(24)36(33)39/h1-21H. The second-order valence-corrected chi connectivity index (χ2v) is 13.0. The van der Waals surface area contributed by atoms with Crippen molar-refractivity contribution < 1.29 is 0 Å². The average Bonchev–Trinajstić information content (AvgIpc) is 2.98. The Morgan fingerprint density at radius 1 is 0.308 bits per heavy atom. The van der Waals surface area contributed by atoms with E-state index in [1.54, 1.807) is 0 Å². The van der Waals surface area contributed by atoms with Crippen LogP contribution in [0.1, 0.15) is 0 Å².